The topological polar surface area (TPSA) is 50.8 Å². The minimum atomic E-state index is -0.456. The molecule has 19 heavy (non-hydrogen) atoms. The molecular formula is C15H10FN3. The van der Waals surface area contributed by atoms with Gasteiger partial charge in [0, 0.05) is 7.05 Å². The molecule has 0 saturated carbocycles. The number of nitriles is 2. The van der Waals surface area contributed by atoms with Gasteiger partial charge in [-0.05, 0) is 30.3 Å². The number of anilines is 2. The molecule has 0 unspecified atom stereocenters. The molecule has 3 nitrogen and oxygen atoms in total. The number of benzene rings is 2. The Hall–Kier alpha value is -2.85. The first-order valence-corrected chi connectivity index (χ1v) is 5.60. The second-order valence-corrected chi connectivity index (χ2v) is 3.96. The van der Waals surface area contributed by atoms with Crippen LogP contribution in [0, 0.1) is 28.5 Å². The summed E-state index contributed by atoms with van der Waals surface area (Å²) in [6.07, 6.45) is 0. The first-order valence-electron chi connectivity index (χ1n) is 5.60. The molecule has 0 N–H and O–H groups in total. The maximum atomic E-state index is 13.1. The summed E-state index contributed by atoms with van der Waals surface area (Å²) in [4.78, 5) is 1.70. The first kappa shape index (κ1) is 12.6. The van der Waals surface area contributed by atoms with Crippen molar-refractivity contribution in [3.05, 3.63) is 59.4 Å². The fourth-order valence-corrected chi connectivity index (χ4v) is 1.88. The average molecular weight is 251 g/mol. The average Bonchev–Trinajstić information content (AvgIpc) is 2.46. The minimum absolute atomic E-state index is 0.232. The molecule has 2 aromatic carbocycles. The van der Waals surface area contributed by atoms with E-state index in [0.717, 1.165) is 0 Å². The van der Waals surface area contributed by atoms with Crippen LogP contribution in [0.5, 0.6) is 0 Å². The Morgan fingerprint density at radius 1 is 0.947 bits per heavy atom. The lowest BCUT2D eigenvalue weighted by Gasteiger charge is -2.21. The van der Waals surface area contributed by atoms with E-state index in [1.807, 2.05) is 12.1 Å². The van der Waals surface area contributed by atoms with E-state index < -0.39 is 5.82 Å². The molecule has 0 bridgehead atoms. The molecule has 0 aliphatic carbocycles. The summed E-state index contributed by atoms with van der Waals surface area (Å²) >= 11 is 0. The number of halogens is 1. The summed E-state index contributed by atoms with van der Waals surface area (Å²) in [5, 5.41) is 18.1. The third kappa shape index (κ3) is 2.38. The number of hydrogen-bond acceptors (Lipinski definition) is 3. The molecule has 0 heterocycles. The minimum Gasteiger partial charge on any atom is -0.342 e. The second-order valence-electron chi connectivity index (χ2n) is 3.96. The van der Waals surface area contributed by atoms with Crippen molar-refractivity contribution in [1.82, 2.24) is 0 Å². The van der Waals surface area contributed by atoms with Crippen molar-refractivity contribution >= 4 is 11.4 Å². The summed E-state index contributed by atoms with van der Waals surface area (Å²) in [5.41, 5.74) is 1.97. The van der Waals surface area contributed by atoms with Gasteiger partial charge in [0.1, 0.15) is 18.0 Å². The normalized spacial score (nSPS) is 9.47. The molecule has 0 aliphatic rings. The highest BCUT2D eigenvalue weighted by Gasteiger charge is 2.13. The highest BCUT2D eigenvalue weighted by molar-refractivity contribution is 5.72. The summed E-state index contributed by atoms with van der Waals surface area (Å²) < 4.78 is 13.1. The van der Waals surface area contributed by atoms with Crippen LogP contribution < -0.4 is 4.90 Å². The van der Waals surface area contributed by atoms with Gasteiger partial charge in [-0.1, -0.05) is 12.1 Å². The Balaban J connectivity index is 2.54. The second kappa shape index (κ2) is 5.20. The smallest absolute Gasteiger partial charge is 0.124 e. The Bertz CT molecular complexity index is 695. The van der Waals surface area contributed by atoms with E-state index in [1.165, 1.54) is 18.2 Å². The molecule has 0 spiro atoms. The molecule has 0 amide bonds. The van der Waals surface area contributed by atoms with Crippen LogP contribution in [0.2, 0.25) is 0 Å². The molecule has 0 fully saturated rings. The van der Waals surface area contributed by atoms with Gasteiger partial charge in [0.25, 0.3) is 0 Å². The van der Waals surface area contributed by atoms with Crippen LogP contribution in [-0.2, 0) is 0 Å². The standard InChI is InChI=1S/C15H10FN3/c1-19(14-5-3-2-4-11(14)9-17)15-7-6-13(16)8-12(15)10-18/h2-8H,1H3. The van der Waals surface area contributed by atoms with E-state index in [9.17, 15) is 4.39 Å². The van der Waals surface area contributed by atoms with Gasteiger partial charge in [-0.3, -0.25) is 0 Å². The van der Waals surface area contributed by atoms with Crippen molar-refractivity contribution in [3.8, 4) is 12.1 Å². The number of para-hydroxylation sites is 1. The van der Waals surface area contributed by atoms with Crippen LogP contribution >= 0.6 is 0 Å². The van der Waals surface area contributed by atoms with Gasteiger partial charge in [0.15, 0.2) is 0 Å². The van der Waals surface area contributed by atoms with Crippen LogP contribution in [0.3, 0.4) is 0 Å². The van der Waals surface area contributed by atoms with Crippen LogP contribution in [0.4, 0.5) is 15.8 Å². The maximum Gasteiger partial charge on any atom is 0.124 e. The highest BCUT2D eigenvalue weighted by Crippen LogP contribution is 2.29. The molecule has 0 aromatic heterocycles. The molecular weight excluding hydrogens is 241 g/mol. The Kier molecular flexibility index (Phi) is 3.45. The van der Waals surface area contributed by atoms with Gasteiger partial charge >= 0.3 is 0 Å². The fourth-order valence-electron chi connectivity index (χ4n) is 1.88. The molecule has 0 radical (unpaired) electrons. The third-order valence-electron chi connectivity index (χ3n) is 2.83. The molecule has 0 saturated heterocycles. The largest absolute Gasteiger partial charge is 0.342 e. The number of nitrogens with zero attached hydrogens (tertiary/aromatic N) is 3. The zero-order chi connectivity index (χ0) is 13.8. The molecule has 0 atom stereocenters. The predicted octanol–water partition coefficient (Wildman–Crippen LogP) is 3.34. The van der Waals surface area contributed by atoms with Gasteiger partial charge in [0.05, 0.1) is 22.5 Å². The highest BCUT2D eigenvalue weighted by atomic mass is 19.1. The van der Waals surface area contributed by atoms with Crippen molar-refractivity contribution in [2.75, 3.05) is 11.9 Å². The summed E-state index contributed by atoms with van der Waals surface area (Å²) in [6.45, 7) is 0. The SMILES string of the molecule is CN(c1ccccc1C#N)c1ccc(F)cc1C#N. The summed E-state index contributed by atoms with van der Waals surface area (Å²) in [5.74, 6) is -0.456. The van der Waals surface area contributed by atoms with E-state index in [4.69, 9.17) is 10.5 Å². The van der Waals surface area contributed by atoms with Crippen molar-refractivity contribution in [1.29, 1.82) is 10.5 Å². The molecule has 4 heteroatoms. The quantitative estimate of drug-likeness (QED) is 0.822. The lowest BCUT2D eigenvalue weighted by atomic mass is 10.1. The van der Waals surface area contributed by atoms with E-state index in [1.54, 1.807) is 30.1 Å². The maximum absolute atomic E-state index is 13.1. The number of hydrogen-bond donors (Lipinski definition) is 0. The first-order chi connectivity index (χ1) is 9.17. The lowest BCUT2D eigenvalue weighted by molar-refractivity contribution is 0.627. The van der Waals surface area contributed by atoms with Crippen LogP contribution in [0.1, 0.15) is 11.1 Å². The fraction of sp³-hybridized carbons (Fsp3) is 0.0667. The summed E-state index contributed by atoms with van der Waals surface area (Å²) in [7, 11) is 1.74. The Labute approximate surface area is 110 Å². The van der Waals surface area contributed by atoms with E-state index in [2.05, 4.69) is 6.07 Å². The van der Waals surface area contributed by atoms with Gasteiger partial charge in [0.2, 0.25) is 0 Å². The van der Waals surface area contributed by atoms with Crippen LogP contribution in [0.15, 0.2) is 42.5 Å². The van der Waals surface area contributed by atoms with Gasteiger partial charge in [-0.25, -0.2) is 4.39 Å². The van der Waals surface area contributed by atoms with Crippen molar-refractivity contribution in [2.24, 2.45) is 0 Å². The van der Waals surface area contributed by atoms with E-state index >= 15 is 0 Å². The van der Waals surface area contributed by atoms with Crippen LogP contribution in [-0.4, -0.2) is 7.05 Å². The van der Waals surface area contributed by atoms with Crippen molar-refractivity contribution < 1.29 is 4.39 Å². The predicted molar refractivity (Wildman–Crippen MR) is 70.3 cm³/mol. The van der Waals surface area contributed by atoms with Gasteiger partial charge in [-0.15, -0.1) is 0 Å². The summed E-state index contributed by atoms with van der Waals surface area (Å²) in [6, 6.07) is 15.1. The molecule has 2 rings (SSSR count). The molecule has 2 aromatic rings. The Morgan fingerprint density at radius 2 is 1.58 bits per heavy atom. The van der Waals surface area contributed by atoms with Crippen molar-refractivity contribution in [3.63, 3.8) is 0 Å². The van der Waals surface area contributed by atoms with Gasteiger partial charge in [-0.2, -0.15) is 10.5 Å². The van der Waals surface area contributed by atoms with Crippen LogP contribution in [0.25, 0.3) is 0 Å². The monoisotopic (exact) mass is 251 g/mol. The molecule has 0 aliphatic heterocycles. The number of rotatable bonds is 2. The van der Waals surface area contributed by atoms with Crippen molar-refractivity contribution in [2.45, 2.75) is 0 Å². The lowest BCUT2D eigenvalue weighted by Crippen LogP contribution is -2.12. The Morgan fingerprint density at radius 3 is 2.26 bits per heavy atom. The molecule has 92 valence electrons. The third-order valence-corrected chi connectivity index (χ3v) is 2.83. The zero-order valence-corrected chi connectivity index (χ0v) is 10.3. The van der Waals surface area contributed by atoms with E-state index in [0.29, 0.717) is 16.9 Å². The van der Waals surface area contributed by atoms with E-state index in [-0.39, 0.29) is 5.56 Å². The zero-order valence-electron chi connectivity index (χ0n) is 10.3. The van der Waals surface area contributed by atoms with Gasteiger partial charge < -0.3 is 4.90 Å².